The van der Waals surface area contributed by atoms with Gasteiger partial charge in [-0.05, 0) is 34.1 Å². The average Bonchev–Trinajstić information content (AvgIpc) is 2.41. The molecule has 0 unspecified atom stereocenters. The van der Waals surface area contributed by atoms with Crippen molar-refractivity contribution in [2.75, 3.05) is 18.0 Å². The third-order valence-electron chi connectivity index (χ3n) is 3.38. The SMILES string of the molecule is CCCN(CC)c1cnc(C(C)C)nc1CNC(C)(C)C. The second-order valence-corrected chi connectivity index (χ2v) is 6.90. The summed E-state index contributed by atoms with van der Waals surface area (Å²) in [5.74, 6) is 1.28. The number of nitrogens with zero attached hydrogens (tertiary/aromatic N) is 3. The Hall–Kier alpha value is -1.16. The molecule has 4 nitrogen and oxygen atoms in total. The molecule has 0 radical (unpaired) electrons. The summed E-state index contributed by atoms with van der Waals surface area (Å²) in [7, 11) is 0. The highest BCUT2D eigenvalue weighted by molar-refractivity contribution is 5.49. The van der Waals surface area contributed by atoms with E-state index in [4.69, 9.17) is 4.98 Å². The van der Waals surface area contributed by atoms with Crippen LogP contribution >= 0.6 is 0 Å². The topological polar surface area (TPSA) is 41.1 Å². The monoisotopic (exact) mass is 292 g/mol. The predicted molar refractivity (Wildman–Crippen MR) is 90.9 cm³/mol. The zero-order valence-corrected chi connectivity index (χ0v) is 14.8. The van der Waals surface area contributed by atoms with Gasteiger partial charge in [0.05, 0.1) is 17.6 Å². The van der Waals surface area contributed by atoms with Crippen molar-refractivity contribution in [1.29, 1.82) is 0 Å². The molecule has 0 saturated heterocycles. The van der Waals surface area contributed by atoms with Gasteiger partial charge in [0.1, 0.15) is 5.82 Å². The Labute approximate surface area is 130 Å². The van der Waals surface area contributed by atoms with Crippen LogP contribution in [0.15, 0.2) is 6.20 Å². The first-order valence-electron chi connectivity index (χ1n) is 8.14. The van der Waals surface area contributed by atoms with Crippen LogP contribution in [0, 0.1) is 0 Å². The molecule has 0 saturated carbocycles. The van der Waals surface area contributed by atoms with Crippen LogP contribution in [0.25, 0.3) is 0 Å². The number of hydrogen-bond acceptors (Lipinski definition) is 4. The fraction of sp³-hybridized carbons (Fsp3) is 0.765. The summed E-state index contributed by atoms with van der Waals surface area (Å²) in [4.78, 5) is 11.7. The highest BCUT2D eigenvalue weighted by Gasteiger charge is 2.16. The van der Waals surface area contributed by atoms with E-state index in [1.807, 2.05) is 6.20 Å². The quantitative estimate of drug-likeness (QED) is 0.831. The van der Waals surface area contributed by atoms with Crippen molar-refractivity contribution in [3.8, 4) is 0 Å². The summed E-state index contributed by atoms with van der Waals surface area (Å²) in [6.45, 7) is 18.0. The summed E-state index contributed by atoms with van der Waals surface area (Å²) in [5.41, 5.74) is 2.36. The fourth-order valence-corrected chi connectivity index (χ4v) is 2.17. The van der Waals surface area contributed by atoms with Gasteiger partial charge in [0.25, 0.3) is 0 Å². The Morgan fingerprint density at radius 3 is 2.38 bits per heavy atom. The van der Waals surface area contributed by atoms with Crippen molar-refractivity contribution >= 4 is 5.69 Å². The first-order valence-corrected chi connectivity index (χ1v) is 8.14. The molecule has 0 aliphatic heterocycles. The molecule has 0 bridgehead atoms. The fourth-order valence-electron chi connectivity index (χ4n) is 2.17. The Morgan fingerprint density at radius 2 is 1.90 bits per heavy atom. The van der Waals surface area contributed by atoms with E-state index in [2.05, 4.69) is 63.7 Å². The second-order valence-electron chi connectivity index (χ2n) is 6.90. The number of aromatic nitrogens is 2. The minimum Gasteiger partial charge on any atom is -0.369 e. The summed E-state index contributed by atoms with van der Waals surface area (Å²) in [6, 6.07) is 0. The van der Waals surface area contributed by atoms with Crippen LogP contribution in [0.1, 0.15) is 72.3 Å². The molecule has 1 heterocycles. The Morgan fingerprint density at radius 1 is 1.24 bits per heavy atom. The van der Waals surface area contributed by atoms with Crippen molar-refractivity contribution in [2.24, 2.45) is 0 Å². The highest BCUT2D eigenvalue weighted by atomic mass is 15.2. The maximum atomic E-state index is 4.81. The van der Waals surface area contributed by atoms with Crippen molar-refractivity contribution in [1.82, 2.24) is 15.3 Å². The average molecular weight is 292 g/mol. The van der Waals surface area contributed by atoms with Gasteiger partial charge in [-0.2, -0.15) is 0 Å². The van der Waals surface area contributed by atoms with Crippen LogP contribution in [-0.2, 0) is 6.54 Å². The number of anilines is 1. The lowest BCUT2D eigenvalue weighted by atomic mass is 10.1. The van der Waals surface area contributed by atoms with Gasteiger partial charge >= 0.3 is 0 Å². The molecule has 0 aliphatic carbocycles. The van der Waals surface area contributed by atoms with Crippen LogP contribution in [0.4, 0.5) is 5.69 Å². The summed E-state index contributed by atoms with van der Waals surface area (Å²) in [5, 5.41) is 3.55. The molecule has 120 valence electrons. The largest absolute Gasteiger partial charge is 0.369 e. The summed E-state index contributed by atoms with van der Waals surface area (Å²) < 4.78 is 0. The molecule has 1 aromatic heterocycles. The molecule has 1 rings (SSSR count). The van der Waals surface area contributed by atoms with Crippen molar-refractivity contribution in [2.45, 2.75) is 72.9 Å². The third-order valence-corrected chi connectivity index (χ3v) is 3.38. The Bertz CT molecular complexity index is 435. The van der Waals surface area contributed by atoms with Crippen molar-refractivity contribution in [3.05, 3.63) is 17.7 Å². The lowest BCUT2D eigenvalue weighted by molar-refractivity contribution is 0.420. The van der Waals surface area contributed by atoms with Crippen LogP contribution in [0.3, 0.4) is 0 Å². The van der Waals surface area contributed by atoms with Gasteiger partial charge < -0.3 is 10.2 Å². The molecular weight excluding hydrogens is 260 g/mol. The Kier molecular flexibility index (Phi) is 6.59. The molecule has 1 N–H and O–H groups in total. The second kappa shape index (κ2) is 7.74. The van der Waals surface area contributed by atoms with Gasteiger partial charge in [0.2, 0.25) is 0 Å². The lowest BCUT2D eigenvalue weighted by Crippen LogP contribution is -2.36. The van der Waals surface area contributed by atoms with E-state index in [1.165, 1.54) is 5.69 Å². The number of nitrogens with one attached hydrogen (secondary N) is 1. The molecule has 21 heavy (non-hydrogen) atoms. The van der Waals surface area contributed by atoms with Gasteiger partial charge in [-0.1, -0.05) is 20.8 Å². The molecule has 0 amide bonds. The molecule has 0 atom stereocenters. The van der Waals surface area contributed by atoms with Crippen LogP contribution in [0.5, 0.6) is 0 Å². The number of rotatable bonds is 7. The van der Waals surface area contributed by atoms with E-state index in [0.29, 0.717) is 5.92 Å². The van der Waals surface area contributed by atoms with Crippen molar-refractivity contribution in [3.63, 3.8) is 0 Å². The van der Waals surface area contributed by atoms with E-state index in [1.54, 1.807) is 0 Å². The molecule has 0 spiro atoms. The van der Waals surface area contributed by atoms with E-state index in [-0.39, 0.29) is 5.54 Å². The van der Waals surface area contributed by atoms with Gasteiger partial charge in [0.15, 0.2) is 0 Å². The van der Waals surface area contributed by atoms with E-state index < -0.39 is 0 Å². The van der Waals surface area contributed by atoms with E-state index in [0.717, 1.165) is 37.6 Å². The van der Waals surface area contributed by atoms with E-state index in [9.17, 15) is 0 Å². The molecule has 0 aromatic carbocycles. The molecule has 1 aromatic rings. The lowest BCUT2D eigenvalue weighted by Gasteiger charge is -2.27. The maximum absolute atomic E-state index is 4.81. The first-order chi connectivity index (χ1) is 9.78. The number of hydrogen-bond donors (Lipinski definition) is 1. The maximum Gasteiger partial charge on any atom is 0.131 e. The van der Waals surface area contributed by atoms with Crippen molar-refractivity contribution < 1.29 is 0 Å². The van der Waals surface area contributed by atoms with Crippen LogP contribution < -0.4 is 10.2 Å². The standard InChI is InChI=1S/C17H32N4/c1-8-10-21(9-2)15-12-18-16(13(3)4)20-14(15)11-19-17(5,6)7/h12-13,19H,8-11H2,1-7H3. The molecule has 0 aliphatic rings. The minimum atomic E-state index is 0.0853. The first kappa shape index (κ1) is 17.9. The molecule has 0 fully saturated rings. The zero-order valence-electron chi connectivity index (χ0n) is 14.8. The third kappa shape index (κ3) is 5.62. The minimum absolute atomic E-state index is 0.0853. The predicted octanol–water partition coefficient (Wildman–Crippen LogP) is 3.72. The van der Waals surface area contributed by atoms with E-state index >= 15 is 0 Å². The molecule has 4 heteroatoms. The van der Waals surface area contributed by atoms with Gasteiger partial charge in [-0.25, -0.2) is 9.97 Å². The summed E-state index contributed by atoms with van der Waals surface area (Å²) in [6.07, 6.45) is 3.13. The van der Waals surface area contributed by atoms with Gasteiger partial charge in [-0.15, -0.1) is 0 Å². The van der Waals surface area contributed by atoms with Gasteiger partial charge in [0, 0.05) is 31.1 Å². The molecular formula is C17H32N4. The normalized spacial score (nSPS) is 12.0. The van der Waals surface area contributed by atoms with Crippen LogP contribution in [0.2, 0.25) is 0 Å². The zero-order chi connectivity index (χ0) is 16.0. The smallest absolute Gasteiger partial charge is 0.131 e. The van der Waals surface area contributed by atoms with Gasteiger partial charge in [-0.3, -0.25) is 0 Å². The summed E-state index contributed by atoms with van der Waals surface area (Å²) >= 11 is 0. The van der Waals surface area contributed by atoms with Crippen LogP contribution in [-0.4, -0.2) is 28.6 Å². The Balaban J connectivity index is 3.09. The highest BCUT2D eigenvalue weighted by Crippen LogP contribution is 2.21.